The molecule has 0 atom stereocenters. The number of anilines is 1. The van der Waals surface area contributed by atoms with Crippen molar-refractivity contribution in [2.45, 2.75) is 26.4 Å². The Bertz CT molecular complexity index is 674. The number of nitrogens with one attached hydrogen (secondary N) is 1. The summed E-state index contributed by atoms with van der Waals surface area (Å²) in [4.78, 5) is 12.0. The summed E-state index contributed by atoms with van der Waals surface area (Å²) in [6.07, 6.45) is 0.215. The fourth-order valence-electron chi connectivity index (χ4n) is 2.18. The number of hydrogen-bond acceptors (Lipinski definition) is 2. The summed E-state index contributed by atoms with van der Waals surface area (Å²) < 4.78 is 32.0. The maximum absolute atomic E-state index is 13.5. The molecule has 0 aliphatic carbocycles. The van der Waals surface area contributed by atoms with E-state index < -0.39 is 11.6 Å². The minimum atomic E-state index is -0.510. The fraction of sp³-hybridized carbons (Fsp3) is 0.278. The average molecular weight is 319 g/mol. The molecule has 3 nitrogen and oxygen atoms in total. The van der Waals surface area contributed by atoms with Crippen molar-refractivity contribution in [2.24, 2.45) is 0 Å². The molecule has 2 rings (SSSR count). The maximum atomic E-state index is 13.5. The molecule has 0 fully saturated rings. The van der Waals surface area contributed by atoms with Crippen LogP contribution in [0.15, 0.2) is 42.5 Å². The predicted molar refractivity (Wildman–Crippen MR) is 85.1 cm³/mol. The van der Waals surface area contributed by atoms with E-state index in [4.69, 9.17) is 4.74 Å². The van der Waals surface area contributed by atoms with E-state index >= 15 is 0 Å². The van der Waals surface area contributed by atoms with Gasteiger partial charge in [0.05, 0.1) is 6.61 Å². The number of carbonyl (C=O) groups is 1. The Kier molecular flexibility index (Phi) is 6.23. The quantitative estimate of drug-likeness (QED) is 0.835. The number of amides is 1. The minimum absolute atomic E-state index is 0.0728. The number of hydrogen-bond donors (Lipinski definition) is 1. The molecule has 0 radical (unpaired) electrons. The SMILES string of the molecule is CCOCc1ccccc1NC(=O)CCc1cc(F)ccc1F. The first-order valence-electron chi connectivity index (χ1n) is 7.49. The van der Waals surface area contributed by atoms with E-state index in [1.54, 1.807) is 6.07 Å². The molecule has 0 spiro atoms. The summed E-state index contributed by atoms with van der Waals surface area (Å²) in [6.45, 7) is 2.89. The Morgan fingerprint density at radius 2 is 1.91 bits per heavy atom. The van der Waals surface area contributed by atoms with Gasteiger partial charge in [0, 0.05) is 24.3 Å². The predicted octanol–water partition coefficient (Wildman–Crippen LogP) is 4.07. The number of carbonyl (C=O) groups excluding carboxylic acids is 1. The van der Waals surface area contributed by atoms with Gasteiger partial charge in [-0.1, -0.05) is 18.2 Å². The van der Waals surface area contributed by atoms with Crippen LogP contribution in [0.1, 0.15) is 24.5 Å². The van der Waals surface area contributed by atoms with E-state index in [0.29, 0.717) is 18.9 Å². The number of para-hydroxylation sites is 1. The molecule has 0 bridgehead atoms. The van der Waals surface area contributed by atoms with E-state index in [9.17, 15) is 13.6 Å². The van der Waals surface area contributed by atoms with Gasteiger partial charge < -0.3 is 10.1 Å². The van der Waals surface area contributed by atoms with E-state index in [-0.39, 0.29) is 24.3 Å². The van der Waals surface area contributed by atoms with Crippen LogP contribution in [0, 0.1) is 11.6 Å². The first-order chi connectivity index (χ1) is 11.1. The summed E-state index contributed by atoms with van der Waals surface area (Å²) in [5.41, 5.74) is 1.74. The molecule has 0 saturated heterocycles. The van der Waals surface area contributed by atoms with Crippen molar-refractivity contribution in [3.8, 4) is 0 Å². The molecule has 0 aromatic heterocycles. The van der Waals surface area contributed by atoms with Crippen molar-refractivity contribution >= 4 is 11.6 Å². The van der Waals surface area contributed by atoms with Crippen molar-refractivity contribution in [1.82, 2.24) is 0 Å². The van der Waals surface area contributed by atoms with Crippen molar-refractivity contribution in [2.75, 3.05) is 11.9 Å². The second-order valence-corrected chi connectivity index (χ2v) is 5.08. The Morgan fingerprint density at radius 3 is 2.70 bits per heavy atom. The number of ether oxygens (including phenoxy) is 1. The molecule has 2 aromatic rings. The van der Waals surface area contributed by atoms with Gasteiger partial charge in [-0.15, -0.1) is 0 Å². The van der Waals surface area contributed by atoms with Gasteiger partial charge in [0.15, 0.2) is 0 Å². The van der Waals surface area contributed by atoms with Crippen LogP contribution in [0.5, 0.6) is 0 Å². The van der Waals surface area contributed by atoms with Crippen molar-refractivity contribution in [3.63, 3.8) is 0 Å². The lowest BCUT2D eigenvalue weighted by Gasteiger charge is -2.11. The summed E-state index contributed by atoms with van der Waals surface area (Å²) in [7, 11) is 0. The Balaban J connectivity index is 1.96. The number of rotatable bonds is 7. The highest BCUT2D eigenvalue weighted by atomic mass is 19.1. The molecule has 5 heteroatoms. The Morgan fingerprint density at radius 1 is 1.13 bits per heavy atom. The third-order valence-corrected chi connectivity index (χ3v) is 3.38. The zero-order valence-electron chi connectivity index (χ0n) is 12.9. The summed E-state index contributed by atoms with van der Waals surface area (Å²) in [5, 5.41) is 2.79. The third-order valence-electron chi connectivity index (χ3n) is 3.38. The van der Waals surface area contributed by atoms with Gasteiger partial charge in [0.1, 0.15) is 11.6 Å². The van der Waals surface area contributed by atoms with Crippen LogP contribution in [0.25, 0.3) is 0 Å². The molecule has 0 saturated carbocycles. The number of benzene rings is 2. The topological polar surface area (TPSA) is 38.3 Å². The van der Waals surface area contributed by atoms with E-state index in [0.717, 1.165) is 23.8 Å². The lowest BCUT2D eigenvalue weighted by Crippen LogP contribution is -2.14. The summed E-state index contributed by atoms with van der Waals surface area (Å²) in [6, 6.07) is 10.6. The third kappa shape index (κ3) is 5.14. The first-order valence-corrected chi connectivity index (χ1v) is 7.49. The van der Waals surface area contributed by atoms with Crippen LogP contribution in [-0.4, -0.2) is 12.5 Å². The highest BCUT2D eigenvalue weighted by Gasteiger charge is 2.09. The molecule has 0 heterocycles. The normalized spacial score (nSPS) is 10.6. The Labute approximate surface area is 134 Å². The Hall–Kier alpha value is -2.27. The molecule has 0 aliphatic rings. The van der Waals surface area contributed by atoms with E-state index in [2.05, 4.69) is 5.32 Å². The molecule has 122 valence electrons. The zero-order chi connectivity index (χ0) is 16.7. The maximum Gasteiger partial charge on any atom is 0.224 e. The van der Waals surface area contributed by atoms with Crippen LogP contribution in [-0.2, 0) is 22.6 Å². The highest BCUT2D eigenvalue weighted by molar-refractivity contribution is 5.91. The second kappa shape index (κ2) is 8.39. The van der Waals surface area contributed by atoms with Crippen molar-refractivity contribution < 1.29 is 18.3 Å². The molecule has 23 heavy (non-hydrogen) atoms. The van der Waals surface area contributed by atoms with Gasteiger partial charge in [0.25, 0.3) is 0 Å². The van der Waals surface area contributed by atoms with Gasteiger partial charge in [-0.3, -0.25) is 4.79 Å². The van der Waals surface area contributed by atoms with Crippen molar-refractivity contribution in [1.29, 1.82) is 0 Å². The summed E-state index contributed by atoms with van der Waals surface area (Å²) in [5.74, 6) is -1.27. The molecule has 0 unspecified atom stereocenters. The minimum Gasteiger partial charge on any atom is -0.377 e. The molecule has 0 aliphatic heterocycles. The molecule has 1 amide bonds. The van der Waals surface area contributed by atoms with Crippen LogP contribution < -0.4 is 5.32 Å². The van der Waals surface area contributed by atoms with Gasteiger partial charge in [-0.05, 0) is 43.2 Å². The van der Waals surface area contributed by atoms with Gasteiger partial charge in [0.2, 0.25) is 5.91 Å². The molecular weight excluding hydrogens is 300 g/mol. The van der Waals surface area contributed by atoms with Gasteiger partial charge >= 0.3 is 0 Å². The number of aryl methyl sites for hydroxylation is 1. The monoisotopic (exact) mass is 319 g/mol. The van der Waals surface area contributed by atoms with Crippen LogP contribution in [0.4, 0.5) is 14.5 Å². The first kappa shape index (κ1) is 17.1. The van der Waals surface area contributed by atoms with Crippen molar-refractivity contribution in [3.05, 3.63) is 65.2 Å². The van der Waals surface area contributed by atoms with Gasteiger partial charge in [-0.2, -0.15) is 0 Å². The summed E-state index contributed by atoms with van der Waals surface area (Å²) >= 11 is 0. The van der Waals surface area contributed by atoms with Crippen LogP contribution >= 0.6 is 0 Å². The standard InChI is InChI=1S/C18H19F2NO2/c1-2-23-12-14-5-3-4-6-17(14)21-18(22)10-7-13-11-15(19)8-9-16(13)20/h3-6,8-9,11H,2,7,10,12H2,1H3,(H,21,22). The smallest absolute Gasteiger partial charge is 0.224 e. The zero-order valence-corrected chi connectivity index (χ0v) is 12.9. The largest absolute Gasteiger partial charge is 0.377 e. The number of halogens is 2. The second-order valence-electron chi connectivity index (χ2n) is 5.08. The van der Waals surface area contributed by atoms with E-state index in [1.807, 2.05) is 25.1 Å². The molecule has 2 aromatic carbocycles. The lowest BCUT2D eigenvalue weighted by atomic mass is 10.1. The van der Waals surface area contributed by atoms with Crippen LogP contribution in [0.2, 0.25) is 0 Å². The molecule has 1 N–H and O–H groups in total. The molecular formula is C18H19F2NO2. The van der Waals surface area contributed by atoms with Gasteiger partial charge in [-0.25, -0.2) is 8.78 Å². The lowest BCUT2D eigenvalue weighted by molar-refractivity contribution is -0.116. The highest BCUT2D eigenvalue weighted by Crippen LogP contribution is 2.17. The fourth-order valence-corrected chi connectivity index (χ4v) is 2.18. The van der Waals surface area contributed by atoms with Crippen LogP contribution in [0.3, 0.4) is 0 Å². The van der Waals surface area contributed by atoms with E-state index in [1.165, 1.54) is 0 Å². The average Bonchev–Trinajstić information content (AvgIpc) is 2.55.